The lowest BCUT2D eigenvalue weighted by Crippen LogP contribution is -2.38. The zero-order chi connectivity index (χ0) is 16.2. The Kier molecular flexibility index (Phi) is 8.43. The first-order chi connectivity index (χ1) is 11.4. The topological polar surface area (TPSA) is 67.8 Å². The van der Waals surface area contributed by atoms with Crippen molar-refractivity contribution in [1.29, 1.82) is 0 Å². The van der Waals surface area contributed by atoms with Gasteiger partial charge in [0.25, 0.3) is 0 Å². The van der Waals surface area contributed by atoms with Crippen molar-refractivity contribution in [1.82, 2.24) is 15.6 Å². The van der Waals surface area contributed by atoms with Crippen molar-refractivity contribution in [2.24, 2.45) is 4.99 Å². The fourth-order valence-electron chi connectivity index (χ4n) is 2.36. The molecule has 1 aromatic rings. The van der Waals surface area contributed by atoms with Crippen molar-refractivity contribution >= 4 is 5.96 Å². The molecule has 2 N–H and O–H groups in total. The molecule has 6 nitrogen and oxygen atoms in total. The monoisotopic (exact) mass is 320 g/mol. The Morgan fingerprint density at radius 1 is 1.48 bits per heavy atom. The van der Waals surface area contributed by atoms with Crippen LogP contribution in [-0.2, 0) is 15.9 Å². The van der Waals surface area contributed by atoms with Crippen LogP contribution < -0.4 is 10.6 Å². The molecule has 1 fully saturated rings. The molecule has 2 rings (SSSR count). The number of guanidine groups is 1. The minimum Gasteiger partial charge on any atom is -0.379 e. The minimum atomic E-state index is 0.282. The highest BCUT2D eigenvalue weighted by molar-refractivity contribution is 5.79. The van der Waals surface area contributed by atoms with Crippen LogP contribution in [0.2, 0.25) is 0 Å². The van der Waals surface area contributed by atoms with Gasteiger partial charge in [0.05, 0.1) is 12.7 Å². The second kappa shape index (κ2) is 11.0. The third-order valence-corrected chi connectivity index (χ3v) is 3.59. The van der Waals surface area contributed by atoms with E-state index in [0.29, 0.717) is 0 Å². The molecule has 1 aliphatic rings. The van der Waals surface area contributed by atoms with Crippen molar-refractivity contribution in [3.63, 3.8) is 0 Å². The number of aliphatic imine (C=N–C) groups is 1. The molecular formula is C17H28N4O2. The molecule has 6 heteroatoms. The molecule has 0 saturated carbocycles. The van der Waals surface area contributed by atoms with E-state index in [-0.39, 0.29) is 6.10 Å². The lowest BCUT2D eigenvalue weighted by molar-refractivity contribution is 0.0424. The molecule has 1 aliphatic heterocycles. The molecule has 0 aromatic carbocycles. The molecule has 0 aliphatic carbocycles. The second-order valence-corrected chi connectivity index (χ2v) is 5.51. The Balaban J connectivity index is 1.61. The Morgan fingerprint density at radius 3 is 3.17 bits per heavy atom. The predicted molar refractivity (Wildman–Crippen MR) is 91.7 cm³/mol. The predicted octanol–water partition coefficient (Wildman–Crippen LogP) is 1.37. The van der Waals surface area contributed by atoms with Crippen molar-refractivity contribution in [2.45, 2.75) is 32.3 Å². The summed E-state index contributed by atoms with van der Waals surface area (Å²) in [6.45, 7) is 6.84. The van der Waals surface area contributed by atoms with Gasteiger partial charge in [-0.05, 0) is 37.8 Å². The third-order valence-electron chi connectivity index (χ3n) is 3.59. The summed E-state index contributed by atoms with van der Waals surface area (Å²) < 4.78 is 11.0. The summed E-state index contributed by atoms with van der Waals surface area (Å²) in [7, 11) is 0. The summed E-state index contributed by atoms with van der Waals surface area (Å²) in [4.78, 5) is 8.70. The minimum absolute atomic E-state index is 0.282. The Hall–Kier alpha value is -1.66. The number of rotatable bonds is 9. The second-order valence-electron chi connectivity index (χ2n) is 5.51. The molecule has 0 bridgehead atoms. The third kappa shape index (κ3) is 7.43. The van der Waals surface area contributed by atoms with E-state index in [2.05, 4.69) is 33.6 Å². The average molecular weight is 320 g/mol. The number of hydrogen-bond acceptors (Lipinski definition) is 4. The molecule has 23 heavy (non-hydrogen) atoms. The highest BCUT2D eigenvalue weighted by Gasteiger charge is 2.15. The molecule has 1 atom stereocenters. The first-order valence-corrected chi connectivity index (χ1v) is 8.49. The van der Waals surface area contributed by atoms with Gasteiger partial charge in [0, 0.05) is 45.2 Å². The van der Waals surface area contributed by atoms with Crippen molar-refractivity contribution in [2.75, 3.05) is 39.5 Å². The maximum absolute atomic E-state index is 5.74. The van der Waals surface area contributed by atoms with E-state index in [0.717, 1.165) is 64.7 Å². The number of hydrogen-bond donors (Lipinski definition) is 2. The van der Waals surface area contributed by atoms with Gasteiger partial charge in [0.15, 0.2) is 5.96 Å². The normalized spacial score (nSPS) is 18.1. The molecule has 128 valence electrons. The maximum Gasteiger partial charge on any atom is 0.191 e. The number of nitrogens with one attached hydrogen (secondary N) is 2. The smallest absolute Gasteiger partial charge is 0.191 e. The maximum atomic E-state index is 5.74. The molecular weight excluding hydrogens is 292 g/mol. The summed E-state index contributed by atoms with van der Waals surface area (Å²) in [6.07, 6.45) is 6.85. The van der Waals surface area contributed by atoms with Crippen LogP contribution in [0, 0.1) is 0 Å². The van der Waals surface area contributed by atoms with Gasteiger partial charge in [-0.1, -0.05) is 6.07 Å². The quantitative estimate of drug-likeness (QED) is 0.409. The molecule has 0 radical (unpaired) electrons. The standard InChI is InChI=1S/C17H28N4O2/c1-2-19-17(21-10-6-15-5-3-8-18-13-15)20-9-4-11-23-16-7-12-22-14-16/h3,5,8,13,16H,2,4,6-7,9-12,14H2,1H3,(H2,19,20,21). The lowest BCUT2D eigenvalue weighted by Gasteiger charge is -2.12. The van der Waals surface area contributed by atoms with Crippen LogP contribution in [0.15, 0.2) is 29.5 Å². The van der Waals surface area contributed by atoms with E-state index in [1.165, 1.54) is 5.56 Å². The average Bonchev–Trinajstić information content (AvgIpc) is 3.09. The van der Waals surface area contributed by atoms with E-state index in [1.54, 1.807) is 6.20 Å². The van der Waals surface area contributed by atoms with E-state index >= 15 is 0 Å². The molecule has 0 amide bonds. The van der Waals surface area contributed by atoms with Crippen molar-refractivity contribution in [3.8, 4) is 0 Å². The number of aromatic nitrogens is 1. The van der Waals surface area contributed by atoms with Crippen LogP contribution in [0.5, 0.6) is 0 Å². The summed E-state index contributed by atoms with van der Waals surface area (Å²) in [6, 6.07) is 4.05. The number of nitrogens with zero attached hydrogens (tertiary/aromatic N) is 2. The Morgan fingerprint density at radius 2 is 2.43 bits per heavy atom. The zero-order valence-electron chi connectivity index (χ0n) is 14.0. The lowest BCUT2D eigenvalue weighted by atomic mass is 10.2. The first-order valence-electron chi connectivity index (χ1n) is 8.49. The fraction of sp³-hybridized carbons (Fsp3) is 0.647. The Bertz CT molecular complexity index is 447. The van der Waals surface area contributed by atoms with Gasteiger partial charge >= 0.3 is 0 Å². The van der Waals surface area contributed by atoms with Gasteiger partial charge < -0.3 is 20.1 Å². The van der Waals surface area contributed by atoms with E-state index in [9.17, 15) is 0 Å². The molecule has 1 unspecified atom stereocenters. The van der Waals surface area contributed by atoms with E-state index < -0.39 is 0 Å². The first kappa shape index (κ1) is 17.7. The highest BCUT2D eigenvalue weighted by Crippen LogP contribution is 2.08. The van der Waals surface area contributed by atoms with Gasteiger partial charge in [-0.2, -0.15) is 0 Å². The largest absolute Gasteiger partial charge is 0.379 e. The number of ether oxygens (including phenoxy) is 2. The summed E-state index contributed by atoms with van der Waals surface area (Å²) in [5, 5.41) is 6.61. The van der Waals surface area contributed by atoms with Crippen LogP contribution >= 0.6 is 0 Å². The van der Waals surface area contributed by atoms with Gasteiger partial charge in [-0.3, -0.25) is 9.98 Å². The summed E-state index contributed by atoms with van der Waals surface area (Å²) >= 11 is 0. The fourth-order valence-corrected chi connectivity index (χ4v) is 2.36. The summed E-state index contributed by atoms with van der Waals surface area (Å²) in [5.41, 5.74) is 1.23. The molecule has 1 saturated heterocycles. The van der Waals surface area contributed by atoms with Gasteiger partial charge in [-0.25, -0.2) is 0 Å². The van der Waals surface area contributed by atoms with E-state index in [4.69, 9.17) is 9.47 Å². The van der Waals surface area contributed by atoms with Crippen molar-refractivity contribution < 1.29 is 9.47 Å². The highest BCUT2D eigenvalue weighted by atomic mass is 16.5. The van der Waals surface area contributed by atoms with Gasteiger partial charge in [0.1, 0.15) is 0 Å². The van der Waals surface area contributed by atoms with Crippen LogP contribution in [0.3, 0.4) is 0 Å². The SMILES string of the molecule is CCNC(=NCCCOC1CCOC1)NCCc1cccnc1. The molecule has 0 spiro atoms. The van der Waals surface area contributed by atoms with E-state index in [1.807, 2.05) is 12.3 Å². The van der Waals surface area contributed by atoms with Gasteiger partial charge in [-0.15, -0.1) is 0 Å². The number of pyridine rings is 1. The van der Waals surface area contributed by atoms with Crippen molar-refractivity contribution in [3.05, 3.63) is 30.1 Å². The molecule has 1 aromatic heterocycles. The zero-order valence-corrected chi connectivity index (χ0v) is 14.0. The van der Waals surface area contributed by atoms with Crippen LogP contribution in [0.1, 0.15) is 25.3 Å². The molecule has 2 heterocycles. The van der Waals surface area contributed by atoms with Crippen LogP contribution in [0.25, 0.3) is 0 Å². The van der Waals surface area contributed by atoms with Crippen LogP contribution in [-0.4, -0.2) is 56.5 Å². The summed E-state index contributed by atoms with van der Waals surface area (Å²) in [5.74, 6) is 0.862. The van der Waals surface area contributed by atoms with Gasteiger partial charge in [0.2, 0.25) is 0 Å². The Labute approximate surface area is 138 Å². The van der Waals surface area contributed by atoms with Crippen LogP contribution in [0.4, 0.5) is 0 Å².